The first kappa shape index (κ1) is 26.0. The Bertz CT molecular complexity index is 1370. The molecule has 0 saturated heterocycles. The molecule has 1 N–H and O–H groups in total. The monoisotopic (exact) mass is 565 g/mol. The standard InChI is InChI=1S/C22H20Cl2F3N3O3S2/c1-12(31)29-35(32,33)15-4-2-3-13(9-15)19-7-8-20(34-19)18-11-21(22(25,26)27)28-30(18)17-10-14(23)5-6-16(17)24/h5-8,10-11,13,15H,2-4,9H2,1H3,(H,29,31). The topological polar surface area (TPSA) is 81.1 Å². The zero-order chi connectivity index (χ0) is 25.5. The van der Waals surface area contributed by atoms with Gasteiger partial charge < -0.3 is 0 Å². The number of nitrogens with zero attached hydrogens (tertiary/aromatic N) is 2. The fourth-order valence-corrected chi connectivity index (χ4v) is 7.26. The lowest BCUT2D eigenvalue weighted by molar-refractivity contribution is -0.141. The summed E-state index contributed by atoms with van der Waals surface area (Å²) in [5.74, 6) is -0.747. The van der Waals surface area contributed by atoms with Gasteiger partial charge in [0.2, 0.25) is 15.9 Å². The van der Waals surface area contributed by atoms with Gasteiger partial charge in [0.1, 0.15) is 0 Å². The van der Waals surface area contributed by atoms with Crippen molar-refractivity contribution in [3.05, 3.63) is 57.0 Å². The predicted molar refractivity (Wildman–Crippen MR) is 130 cm³/mol. The SMILES string of the molecule is CC(=O)NS(=O)(=O)C1CCCC(c2ccc(-c3cc(C(F)(F)F)nn3-c3cc(Cl)ccc3Cl)s2)C1. The second kappa shape index (κ2) is 9.76. The van der Waals surface area contributed by atoms with Crippen LogP contribution in [-0.4, -0.2) is 29.4 Å². The van der Waals surface area contributed by atoms with Crippen molar-refractivity contribution < 1.29 is 26.4 Å². The minimum atomic E-state index is -4.67. The molecule has 6 nitrogen and oxygen atoms in total. The van der Waals surface area contributed by atoms with E-state index < -0.39 is 33.1 Å². The van der Waals surface area contributed by atoms with Crippen LogP contribution in [0.25, 0.3) is 16.3 Å². The largest absolute Gasteiger partial charge is 0.435 e. The molecule has 1 amide bonds. The Balaban J connectivity index is 1.70. The van der Waals surface area contributed by atoms with Crippen molar-refractivity contribution in [1.29, 1.82) is 0 Å². The second-order valence-corrected chi connectivity index (χ2v) is 12.2. The lowest BCUT2D eigenvalue weighted by atomic mass is 9.88. The van der Waals surface area contributed by atoms with Crippen LogP contribution in [0.3, 0.4) is 0 Å². The Morgan fingerprint density at radius 3 is 2.60 bits per heavy atom. The molecule has 1 saturated carbocycles. The van der Waals surface area contributed by atoms with Gasteiger partial charge in [0.05, 0.1) is 26.5 Å². The molecule has 1 aliphatic rings. The fraction of sp³-hybridized carbons (Fsp3) is 0.364. The quantitative estimate of drug-likeness (QED) is 0.387. The third-order valence-electron chi connectivity index (χ3n) is 5.77. The predicted octanol–water partition coefficient (Wildman–Crippen LogP) is 6.42. The van der Waals surface area contributed by atoms with E-state index in [1.165, 1.54) is 29.5 Å². The third kappa shape index (κ3) is 5.68. The zero-order valence-corrected chi connectivity index (χ0v) is 21.4. The number of hydrogen-bond donors (Lipinski definition) is 1. The van der Waals surface area contributed by atoms with Gasteiger partial charge in [0, 0.05) is 16.8 Å². The number of thiophene rings is 1. The van der Waals surface area contributed by atoms with E-state index in [-0.39, 0.29) is 22.3 Å². The molecule has 13 heteroatoms. The van der Waals surface area contributed by atoms with Crippen molar-refractivity contribution in [2.24, 2.45) is 0 Å². The molecule has 0 bridgehead atoms. The van der Waals surface area contributed by atoms with Crippen LogP contribution in [0.15, 0.2) is 36.4 Å². The summed E-state index contributed by atoms with van der Waals surface area (Å²) in [6.07, 6.45) is -2.53. The van der Waals surface area contributed by atoms with Crippen LogP contribution in [0.4, 0.5) is 13.2 Å². The normalized spacial score (nSPS) is 19.0. The maximum absolute atomic E-state index is 13.5. The number of carbonyl (C=O) groups is 1. The fourth-order valence-electron chi connectivity index (χ4n) is 4.21. The van der Waals surface area contributed by atoms with Crippen molar-refractivity contribution in [1.82, 2.24) is 14.5 Å². The van der Waals surface area contributed by atoms with E-state index in [0.717, 1.165) is 29.0 Å². The molecule has 0 radical (unpaired) electrons. The van der Waals surface area contributed by atoms with Gasteiger partial charge in [0.25, 0.3) is 0 Å². The summed E-state index contributed by atoms with van der Waals surface area (Å²) in [4.78, 5) is 12.7. The molecule has 2 aromatic heterocycles. The van der Waals surface area contributed by atoms with E-state index in [1.807, 2.05) is 4.72 Å². The lowest BCUT2D eigenvalue weighted by Crippen LogP contribution is -2.39. The number of alkyl halides is 3. The molecule has 1 fully saturated rings. The molecule has 2 unspecified atom stereocenters. The highest BCUT2D eigenvalue weighted by atomic mass is 35.5. The van der Waals surface area contributed by atoms with E-state index in [0.29, 0.717) is 29.2 Å². The van der Waals surface area contributed by atoms with Crippen LogP contribution >= 0.6 is 34.5 Å². The van der Waals surface area contributed by atoms with Gasteiger partial charge in [-0.05, 0) is 61.6 Å². The number of aromatic nitrogens is 2. The molecule has 1 aromatic carbocycles. The number of hydrogen-bond acceptors (Lipinski definition) is 5. The van der Waals surface area contributed by atoms with E-state index in [9.17, 15) is 26.4 Å². The average Bonchev–Trinajstić information content (AvgIpc) is 3.42. The van der Waals surface area contributed by atoms with Crippen molar-refractivity contribution in [3.63, 3.8) is 0 Å². The Morgan fingerprint density at radius 2 is 1.91 bits per heavy atom. The Labute approximate surface area is 214 Å². The lowest BCUT2D eigenvalue weighted by Gasteiger charge is -2.28. The van der Waals surface area contributed by atoms with Gasteiger partial charge in [-0.1, -0.05) is 29.6 Å². The number of sulfonamides is 1. The molecular formula is C22H20Cl2F3N3O3S2. The molecule has 0 spiro atoms. The summed E-state index contributed by atoms with van der Waals surface area (Å²) < 4.78 is 68.7. The minimum Gasteiger partial charge on any atom is -0.274 e. The third-order valence-corrected chi connectivity index (χ3v) is 9.47. The highest BCUT2D eigenvalue weighted by Crippen LogP contribution is 2.42. The molecule has 0 aliphatic heterocycles. The van der Waals surface area contributed by atoms with Crippen molar-refractivity contribution in [2.45, 2.75) is 50.0 Å². The first-order chi connectivity index (χ1) is 16.3. The highest BCUT2D eigenvalue weighted by Gasteiger charge is 2.36. The van der Waals surface area contributed by atoms with Crippen LogP contribution in [0.2, 0.25) is 10.0 Å². The van der Waals surface area contributed by atoms with Gasteiger partial charge in [0.15, 0.2) is 5.69 Å². The van der Waals surface area contributed by atoms with Gasteiger partial charge >= 0.3 is 6.18 Å². The van der Waals surface area contributed by atoms with E-state index >= 15 is 0 Å². The second-order valence-electron chi connectivity index (χ2n) is 8.31. The summed E-state index contributed by atoms with van der Waals surface area (Å²) in [5, 5.41) is 3.51. The maximum atomic E-state index is 13.5. The van der Waals surface area contributed by atoms with Crippen molar-refractivity contribution in [2.75, 3.05) is 0 Å². The van der Waals surface area contributed by atoms with Crippen LogP contribution < -0.4 is 4.72 Å². The molecule has 1 aliphatic carbocycles. The van der Waals surface area contributed by atoms with Crippen LogP contribution in [0.5, 0.6) is 0 Å². The van der Waals surface area contributed by atoms with Crippen LogP contribution in [-0.2, 0) is 21.0 Å². The summed E-state index contributed by atoms with van der Waals surface area (Å²) in [6.45, 7) is 1.15. The molecule has 3 aromatic rings. The molecule has 2 heterocycles. The van der Waals surface area contributed by atoms with E-state index in [1.54, 1.807) is 12.1 Å². The number of rotatable bonds is 5. The number of carbonyl (C=O) groups excluding carboxylic acids is 1. The molecule has 188 valence electrons. The van der Waals surface area contributed by atoms with Gasteiger partial charge in [-0.15, -0.1) is 11.3 Å². The Hall–Kier alpha value is -2.08. The number of benzene rings is 1. The Morgan fingerprint density at radius 1 is 1.17 bits per heavy atom. The number of amides is 1. The highest BCUT2D eigenvalue weighted by molar-refractivity contribution is 7.90. The zero-order valence-electron chi connectivity index (χ0n) is 18.3. The average molecular weight is 566 g/mol. The summed E-state index contributed by atoms with van der Waals surface area (Å²) in [5.41, 5.74) is -0.674. The van der Waals surface area contributed by atoms with Gasteiger partial charge in [-0.25, -0.2) is 13.1 Å². The molecule has 4 rings (SSSR count). The summed E-state index contributed by atoms with van der Waals surface area (Å²) in [7, 11) is -3.79. The van der Waals surface area contributed by atoms with Crippen LogP contribution in [0, 0.1) is 0 Å². The van der Waals surface area contributed by atoms with E-state index in [4.69, 9.17) is 23.2 Å². The smallest absolute Gasteiger partial charge is 0.274 e. The van der Waals surface area contributed by atoms with E-state index in [2.05, 4.69) is 5.10 Å². The van der Waals surface area contributed by atoms with Crippen molar-refractivity contribution >= 4 is 50.5 Å². The summed E-state index contributed by atoms with van der Waals surface area (Å²) in [6, 6.07) is 8.89. The number of nitrogens with one attached hydrogen (secondary N) is 1. The molecule has 2 atom stereocenters. The van der Waals surface area contributed by atoms with Gasteiger partial charge in [-0.2, -0.15) is 18.3 Å². The van der Waals surface area contributed by atoms with Crippen molar-refractivity contribution in [3.8, 4) is 16.3 Å². The number of halogens is 5. The molecular weight excluding hydrogens is 546 g/mol. The summed E-state index contributed by atoms with van der Waals surface area (Å²) >= 11 is 13.6. The van der Waals surface area contributed by atoms with Crippen LogP contribution in [0.1, 0.15) is 49.1 Å². The Kier molecular flexibility index (Phi) is 7.25. The molecule has 35 heavy (non-hydrogen) atoms. The van der Waals surface area contributed by atoms with Gasteiger partial charge in [-0.3, -0.25) is 9.52 Å². The minimum absolute atomic E-state index is 0.107. The first-order valence-corrected chi connectivity index (χ1v) is 13.7. The first-order valence-electron chi connectivity index (χ1n) is 10.6. The maximum Gasteiger partial charge on any atom is 0.435 e.